The first-order valence-corrected chi connectivity index (χ1v) is 9.46. The van der Waals surface area contributed by atoms with E-state index in [1.54, 1.807) is 0 Å². The maximum atomic E-state index is 12.8. The summed E-state index contributed by atoms with van der Waals surface area (Å²) in [5, 5.41) is 7.96. The maximum Gasteiger partial charge on any atom is 0.274 e. The Hall–Kier alpha value is -2.25. The van der Waals surface area contributed by atoms with Gasteiger partial charge >= 0.3 is 0 Å². The summed E-state index contributed by atoms with van der Waals surface area (Å²) < 4.78 is 1.96. The summed E-state index contributed by atoms with van der Waals surface area (Å²) >= 11 is 0. The molecule has 2 saturated heterocycles. The molecule has 7 nitrogen and oxygen atoms in total. The average Bonchev–Trinajstić information content (AvgIpc) is 3.20. The van der Waals surface area contributed by atoms with Crippen LogP contribution in [0.1, 0.15) is 34.9 Å². The van der Waals surface area contributed by atoms with Crippen LogP contribution in [0.3, 0.4) is 0 Å². The molecule has 2 aliphatic rings. The summed E-state index contributed by atoms with van der Waals surface area (Å²) in [6.07, 6.45) is 7.88. The number of piperidine rings is 1. The SMILES string of the molecule is O=C(c1ccn(C2CCCNC2)n1)N1CCN(Cc2ccncc2)CC1. The number of aromatic nitrogens is 3. The monoisotopic (exact) mass is 354 g/mol. The highest BCUT2D eigenvalue weighted by atomic mass is 16.2. The highest BCUT2D eigenvalue weighted by molar-refractivity contribution is 5.92. The first-order valence-electron chi connectivity index (χ1n) is 9.46. The Bertz CT molecular complexity index is 717. The normalized spacial score (nSPS) is 21.7. The van der Waals surface area contributed by atoms with Gasteiger partial charge in [-0.25, -0.2) is 0 Å². The zero-order chi connectivity index (χ0) is 17.8. The zero-order valence-electron chi connectivity index (χ0n) is 15.0. The molecule has 1 amide bonds. The van der Waals surface area contributed by atoms with Crippen LogP contribution in [0.25, 0.3) is 0 Å². The number of hydrogen-bond donors (Lipinski definition) is 1. The van der Waals surface area contributed by atoms with Gasteiger partial charge in [0.1, 0.15) is 5.69 Å². The standard InChI is InChI=1S/C19H26N6O/c26-19(18-5-9-25(22-18)17-2-1-6-21-14-17)24-12-10-23(11-13-24)15-16-3-7-20-8-4-16/h3-5,7-9,17,21H,1-2,6,10-15H2. The summed E-state index contributed by atoms with van der Waals surface area (Å²) in [6.45, 7) is 6.20. The molecule has 0 radical (unpaired) electrons. The third kappa shape index (κ3) is 3.94. The van der Waals surface area contributed by atoms with E-state index in [1.807, 2.05) is 46.4 Å². The van der Waals surface area contributed by atoms with Gasteiger partial charge in [-0.2, -0.15) is 5.10 Å². The summed E-state index contributed by atoms with van der Waals surface area (Å²) in [7, 11) is 0. The predicted octanol–water partition coefficient (Wildman–Crippen LogP) is 1.16. The highest BCUT2D eigenvalue weighted by Gasteiger charge is 2.24. The molecule has 2 aliphatic heterocycles. The molecule has 7 heteroatoms. The minimum absolute atomic E-state index is 0.0519. The fraction of sp³-hybridized carbons (Fsp3) is 0.526. The van der Waals surface area contributed by atoms with Gasteiger partial charge in [0.05, 0.1) is 6.04 Å². The van der Waals surface area contributed by atoms with Crippen molar-refractivity contribution in [2.45, 2.75) is 25.4 Å². The summed E-state index contributed by atoms with van der Waals surface area (Å²) in [5.41, 5.74) is 1.83. The van der Waals surface area contributed by atoms with Crippen molar-refractivity contribution in [2.24, 2.45) is 0 Å². The Balaban J connectivity index is 1.31. The van der Waals surface area contributed by atoms with Gasteiger partial charge in [-0.3, -0.25) is 19.4 Å². The molecule has 2 aromatic rings. The maximum absolute atomic E-state index is 12.8. The van der Waals surface area contributed by atoms with Gasteiger partial charge in [-0.15, -0.1) is 0 Å². The fourth-order valence-corrected chi connectivity index (χ4v) is 3.73. The lowest BCUT2D eigenvalue weighted by Gasteiger charge is -2.34. The second-order valence-electron chi connectivity index (χ2n) is 7.10. The van der Waals surface area contributed by atoms with Crippen LogP contribution >= 0.6 is 0 Å². The number of pyridine rings is 1. The number of amides is 1. The Morgan fingerprint density at radius 3 is 2.69 bits per heavy atom. The van der Waals surface area contributed by atoms with Gasteiger partial charge in [0.2, 0.25) is 0 Å². The van der Waals surface area contributed by atoms with E-state index in [4.69, 9.17) is 0 Å². The third-order valence-electron chi connectivity index (χ3n) is 5.29. The molecule has 0 aliphatic carbocycles. The Morgan fingerprint density at radius 1 is 1.15 bits per heavy atom. The van der Waals surface area contributed by atoms with Gasteiger partial charge in [0.25, 0.3) is 5.91 Å². The molecule has 1 atom stereocenters. The average molecular weight is 354 g/mol. The van der Waals surface area contributed by atoms with Crippen LogP contribution in [0.5, 0.6) is 0 Å². The van der Waals surface area contributed by atoms with Gasteiger partial charge in [-0.1, -0.05) is 0 Å². The quantitative estimate of drug-likeness (QED) is 0.893. The molecular formula is C19H26N6O. The molecule has 0 aromatic carbocycles. The Kier molecular flexibility index (Phi) is 5.26. The van der Waals surface area contributed by atoms with Crippen LogP contribution in [0.15, 0.2) is 36.8 Å². The van der Waals surface area contributed by atoms with E-state index >= 15 is 0 Å². The van der Waals surface area contributed by atoms with E-state index in [0.717, 1.165) is 58.7 Å². The molecule has 138 valence electrons. The van der Waals surface area contributed by atoms with Crippen LogP contribution < -0.4 is 5.32 Å². The second kappa shape index (κ2) is 7.97. The van der Waals surface area contributed by atoms with Crippen molar-refractivity contribution in [1.82, 2.24) is 29.9 Å². The molecule has 4 heterocycles. The summed E-state index contributed by atoms with van der Waals surface area (Å²) in [4.78, 5) is 21.1. The largest absolute Gasteiger partial charge is 0.335 e. The summed E-state index contributed by atoms with van der Waals surface area (Å²) in [6, 6.07) is 6.32. The first kappa shape index (κ1) is 17.2. The van der Waals surface area contributed by atoms with Crippen molar-refractivity contribution >= 4 is 5.91 Å². The molecule has 4 rings (SSSR count). The van der Waals surface area contributed by atoms with Crippen molar-refractivity contribution in [1.29, 1.82) is 0 Å². The minimum Gasteiger partial charge on any atom is -0.335 e. The van der Waals surface area contributed by atoms with Crippen LogP contribution in [0, 0.1) is 0 Å². The molecule has 0 saturated carbocycles. The van der Waals surface area contributed by atoms with Gasteiger partial charge in [0.15, 0.2) is 0 Å². The second-order valence-corrected chi connectivity index (χ2v) is 7.10. The van der Waals surface area contributed by atoms with Gasteiger partial charge in [-0.05, 0) is 43.1 Å². The van der Waals surface area contributed by atoms with E-state index < -0.39 is 0 Å². The van der Waals surface area contributed by atoms with E-state index in [2.05, 4.69) is 20.3 Å². The lowest BCUT2D eigenvalue weighted by atomic mass is 10.1. The molecule has 1 N–H and O–H groups in total. The molecule has 2 fully saturated rings. The van der Waals surface area contributed by atoms with E-state index in [-0.39, 0.29) is 5.91 Å². The molecule has 26 heavy (non-hydrogen) atoms. The topological polar surface area (TPSA) is 66.3 Å². The number of rotatable bonds is 4. The zero-order valence-corrected chi connectivity index (χ0v) is 15.0. The van der Waals surface area contributed by atoms with Crippen LogP contribution in [-0.2, 0) is 6.54 Å². The number of nitrogens with one attached hydrogen (secondary N) is 1. The van der Waals surface area contributed by atoms with Crippen molar-refractivity contribution in [3.8, 4) is 0 Å². The molecule has 1 unspecified atom stereocenters. The van der Waals surface area contributed by atoms with Crippen LogP contribution in [0.4, 0.5) is 0 Å². The smallest absolute Gasteiger partial charge is 0.274 e. The molecule has 2 aromatic heterocycles. The lowest BCUT2D eigenvalue weighted by Crippen LogP contribution is -2.48. The number of carbonyl (C=O) groups excluding carboxylic acids is 1. The fourth-order valence-electron chi connectivity index (χ4n) is 3.73. The highest BCUT2D eigenvalue weighted by Crippen LogP contribution is 2.17. The van der Waals surface area contributed by atoms with Gasteiger partial charge < -0.3 is 10.2 Å². The molecule has 0 spiro atoms. The van der Waals surface area contributed by atoms with Crippen molar-refractivity contribution in [3.63, 3.8) is 0 Å². The minimum atomic E-state index is 0.0519. The van der Waals surface area contributed by atoms with E-state index in [9.17, 15) is 4.79 Å². The number of piperazine rings is 1. The molecular weight excluding hydrogens is 328 g/mol. The number of nitrogens with zero attached hydrogens (tertiary/aromatic N) is 5. The van der Waals surface area contributed by atoms with Crippen molar-refractivity contribution in [2.75, 3.05) is 39.3 Å². The number of carbonyl (C=O) groups is 1. The van der Waals surface area contributed by atoms with E-state index in [1.165, 1.54) is 5.56 Å². The van der Waals surface area contributed by atoms with Crippen molar-refractivity contribution in [3.05, 3.63) is 48.0 Å². The Morgan fingerprint density at radius 2 is 1.96 bits per heavy atom. The summed E-state index contributed by atoms with van der Waals surface area (Å²) in [5.74, 6) is 0.0519. The molecule has 0 bridgehead atoms. The first-order chi connectivity index (χ1) is 12.8. The predicted molar refractivity (Wildman–Crippen MR) is 98.8 cm³/mol. The Labute approximate surface area is 154 Å². The van der Waals surface area contributed by atoms with Crippen molar-refractivity contribution < 1.29 is 4.79 Å². The lowest BCUT2D eigenvalue weighted by molar-refractivity contribution is 0.0621. The van der Waals surface area contributed by atoms with E-state index in [0.29, 0.717) is 11.7 Å². The van der Waals surface area contributed by atoms with Crippen LogP contribution in [0.2, 0.25) is 0 Å². The van der Waals surface area contributed by atoms with Gasteiger partial charge in [0, 0.05) is 57.9 Å². The number of hydrogen-bond acceptors (Lipinski definition) is 5. The third-order valence-corrected chi connectivity index (χ3v) is 5.29. The van der Waals surface area contributed by atoms with Crippen LogP contribution in [-0.4, -0.2) is 69.7 Å².